The molecule has 1 amide bonds. The van der Waals surface area contributed by atoms with E-state index in [2.05, 4.69) is 10.2 Å². The molecule has 12 heteroatoms. The van der Waals surface area contributed by atoms with E-state index in [0.29, 0.717) is 70.9 Å². The number of carbonyl (C=O) groups is 3. The number of nitrogens with zero attached hydrogens (tertiary/aromatic N) is 2. The number of aryl methyl sites for hydroxylation is 1. The summed E-state index contributed by atoms with van der Waals surface area (Å²) in [5, 5.41) is 12.6. The smallest absolute Gasteiger partial charge is 0.328 e. The van der Waals surface area contributed by atoms with Crippen molar-refractivity contribution < 1.29 is 33.8 Å². The number of hydrogen-bond acceptors (Lipinski definition) is 10. The second-order valence-electron chi connectivity index (χ2n) is 9.81. The normalized spacial score (nSPS) is 16.2. The van der Waals surface area contributed by atoms with Crippen molar-refractivity contribution in [3.05, 3.63) is 46.0 Å². The van der Waals surface area contributed by atoms with E-state index in [9.17, 15) is 24.5 Å². The standard InChI is InChI=1S/C28H44N4O8/c1-2-38-27(34)24(17-16-22-12-5-3-6-13-22)30-23(14-7-8-18-29)26(33)31-19-11-15-25(31)28(35)39-20-9-4-10-21-40-32(36)37/h3,5-6,12-13,23-25,30H,2,4,7-11,14-21,29H2,1H3. The molecule has 1 aromatic rings. The number of hydrogen-bond donors (Lipinski definition) is 2. The highest BCUT2D eigenvalue weighted by atomic mass is 16.9. The summed E-state index contributed by atoms with van der Waals surface area (Å²) in [6.45, 7) is 3.07. The van der Waals surface area contributed by atoms with Gasteiger partial charge in [-0.25, -0.2) is 4.79 Å². The first-order valence-corrected chi connectivity index (χ1v) is 14.3. The molecule has 224 valence electrons. The third-order valence-electron chi connectivity index (χ3n) is 6.82. The van der Waals surface area contributed by atoms with E-state index in [0.717, 1.165) is 12.0 Å². The summed E-state index contributed by atoms with van der Waals surface area (Å²) in [4.78, 5) is 55.5. The molecule has 1 fully saturated rings. The topological polar surface area (TPSA) is 163 Å². The Morgan fingerprint density at radius 1 is 1.05 bits per heavy atom. The van der Waals surface area contributed by atoms with E-state index >= 15 is 0 Å². The van der Waals surface area contributed by atoms with Gasteiger partial charge in [-0.3, -0.25) is 14.9 Å². The lowest BCUT2D eigenvalue weighted by molar-refractivity contribution is -0.757. The molecule has 0 saturated carbocycles. The molecule has 0 aliphatic carbocycles. The highest BCUT2D eigenvalue weighted by molar-refractivity contribution is 5.89. The summed E-state index contributed by atoms with van der Waals surface area (Å²) in [6, 6.07) is 7.76. The third kappa shape index (κ3) is 11.9. The second kappa shape index (κ2) is 18.9. The van der Waals surface area contributed by atoms with Gasteiger partial charge >= 0.3 is 11.9 Å². The molecule has 2 rings (SSSR count). The Labute approximate surface area is 236 Å². The fourth-order valence-electron chi connectivity index (χ4n) is 4.75. The van der Waals surface area contributed by atoms with Crippen LogP contribution in [0.5, 0.6) is 0 Å². The number of unbranched alkanes of at least 4 members (excludes halogenated alkanes) is 3. The molecule has 0 aromatic heterocycles. The Morgan fingerprint density at radius 2 is 1.80 bits per heavy atom. The van der Waals surface area contributed by atoms with E-state index in [1.54, 1.807) is 11.8 Å². The van der Waals surface area contributed by atoms with E-state index in [1.165, 1.54) is 0 Å². The van der Waals surface area contributed by atoms with Gasteiger partial charge in [0.15, 0.2) is 0 Å². The summed E-state index contributed by atoms with van der Waals surface area (Å²) in [5.74, 6) is -1.10. The average molecular weight is 565 g/mol. The summed E-state index contributed by atoms with van der Waals surface area (Å²) in [5.41, 5.74) is 6.77. The summed E-state index contributed by atoms with van der Waals surface area (Å²) in [6.07, 6.45) is 5.81. The van der Waals surface area contributed by atoms with Crippen LogP contribution in [0, 0.1) is 10.1 Å². The van der Waals surface area contributed by atoms with Gasteiger partial charge < -0.3 is 24.9 Å². The van der Waals surface area contributed by atoms with Crippen LogP contribution in [-0.2, 0) is 35.1 Å². The maximum absolute atomic E-state index is 13.8. The number of likely N-dealkylation sites (tertiary alicyclic amines) is 1. The van der Waals surface area contributed by atoms with Crippen LogP contribution in [-0.4, -0.2) is 78.9 Å². The van der Waals surface area contributed by atoms with Crippen molar-refractivity contribution in [3.8, 4) is 0 Å². The number of nitrogens with one attached hydrogen (secondary N) is 1. The van der Waals surface area contributed by atoms with Crippen molar-refractivity contribution in [2.75, 3.05) is 32.9 Å². The minimum atomic E-state index is -0.831. The Kier molecular flexibility index (Phi) is 15.6. The fraction of sp³-hybridized carbons (Fsp3) is 0.679. The average Bonchev–Trinajstić information content (AvgIpc) is 3.44. The maximum Gasteiger partial charge on any atom is 0.328 e. The molecule has 3 N–H and O–H groups in total. The lowest BCUT2D eigenvalue weighted by Gasteiger charge is -2.30. The Bertz CT molecular complexity index is 917. The van der Waals surface area contributed by atoms with Crippen LogP contribution in [0.3, 0.4) is 0 Å². The first-order chi connectivity index (χ1) is 19.4. The predicted molar refractivity (Wildman–Crippen MR) is 148 cm³/mol. The van der Waals surface area contributed by atoms with Gasteiger partial charge in [0.1, 0.15) is 12.1 Å². The van der Waals surface area contributed by atoms with Crippen molar-refractivity contribution in [1.82, 2.24) is 10.2 Å². The zero-order valence-corrected chi connectivity index (χ0v) is 23.5. The lowest BCUT2D eigenvalue weighted by Crippen LogP contribution is -2.54. The molecule has 40 heavy (non-hydrogen) atoms. The van der Waals surface area contributed by atoms with E-state index < -0.39 is 35.2 Å². The number of benzene rings is 1. The monoisotopic (exact) mass is 564 g/mol. The van der Waals surface area contributed by atoms with Crippen LogP contribution in [0.4, 0.5) is 0 Å². The minimum Gasteiger partial charge on any atom is -0.465 e. The fourth-order valence-corrected chi connectivity index (χ4v) is 4.75. The van der Waals surface area contributed by atoms with Gasteiger partial charge in [0.25, 0.3) is 5.09 Å². The molecular formula is C28H44N4O8. The van der Waals surface area contributed by atoms with Gasteiger partial charge in [0, 0.05) is 6.54 Å². The molecule has 1 heterocycles. The number of esters is 2. The summed E-state index contributed by atoms with van der Waals surface area (Å²) in [7, 11) is 0. The van der Waals surface area contributed by atoms with E-state index in [-0.39, 0.29) is 25.7 Å². The third-order valence-corrected chi connectivity index (χ3v) is 6.82. The zero-order chi connectivity index (χ0) is 29.2. The largest absolute Gasteiger partial charge is 0.465 e. The molecule has 0 radical (unpaired) electrons. The molecule has 3 unspecified atom stereocenters. The molecule has 0 bridgehead atoms. The maximum atomic E-state index is 13.8. The second-order valence-corrected chi connectivity index (χ2v) is 9.81. The van der Waals surface area contributed by atoms with Gasteiger partial charge in [-0.05, 0) is 76.8 Å². The number of nitrogens with two attached hydrogens (primary N) is 1. The van der Waals surface area contributed by atoms with Crippen LogP contribution in [0.15, 0.2) is 30.3 Å². The molecule has 1 aliphatic rings. The number of rotatable bonds is 20. The van der Waals surface area contributed by atoms with Crippen molar-refractivity contribution in [2.45, 2.75) is 89.3 Å². The Hall–Kier alpha value is -3.25. The van der Waals surface area contributed by atoms with Gasteiger partial charge in [0.05, 0.1) is 25.9 Å². The van der Waals surface area contributed by atoms with Crippen molar-refractivity contribution in [2.24, 2.45) is 5.73 Å². The quantitative estimate of drug-likeness (QED) is 0.104. The Balaban J connectivity index is 2.01. The summed E-state index contributed by atoms with van der Waals surface area (Å²) >= 11 is 0. The molecule has 1 aliphatic heterocycles. The van der Waals surface area contributed by atoms with Crippen LogP contribution in [0.25, 0.3) is 0 Å². The van der Waals surface area contributed by atoms with Gasteiger partial charge in [-0.15, -0.1) is 10.1 Å². The van der Waals surface area contributed by atoms with Crippen LogP contribution < -0.4 is 11.1 Å². The minimum absolute atomic E-state index is 0.00252. The SMILES string of the molecule is CCOC(=O)C(CCc1ccccc1)NC(CCCCN)C(=O)N1CCCC1C(=O)OCCCCCO[N+](=O)[O-]. The predicted octanol–water partition coefficient (Wildman–Crippen LogP) is 2.55. The van der Waals surface area contributed by atoms with Gasteiger partial charge in [-0.2, -0.15) is 0 Å². The Morgan fingerprint density at radius 3 is 2.50 bits per heavy atom. The van der Waals surface area contributed by atoms with E-state index in [1.807, 2.05) is 30.3 Å². The van der Waals surface area contributed by atoms with Crippen molar-refractivity contribution in [3.63, 3.8) is 0 Å². The number of carbonyl (C=O) groups excluding carboxylic acids is 3. The van der Waals surface area contributed by atoms with Gasteiger partial charge in [0.2, 0.25) is 5.91 Å². The summed E-state index contributed by atoms with van der Waals surface area (Å²) < 4.78 is 10.7. The van der Waals surface area contributed by atoms with Crippen LogP contribution in [0.2, 0.25) is 0 Å². The first-order valence-electron chi connectivity index (χ1n) is 14.3. The molecule has 12 nitrogen and oxygen atoms in total. The van der Waals surface area contributed by atoms with E-state index in [4.69, 9.17) is 15.2 Å². The molecule has 1 saturated heterocycles. The molecular weight excluding hydrogens is 520 g/mol. The molecule has 3 atom stereocenters. The van der Waals surface area contributed by atoms with Crippen LogP contribution in [0.1, 0.15) is 70.3 Å². The zero-order valence-electron chi connectivity index (χ0n) is 23.5. The first kappa shape index (κ1) is 33.0. The molecule has 0 spiro atoms. The van der Waals surface area contributed by atoms with Crippen molar-refractivity contribution in [1.29, 1.82) is 0 Å². The number of amides is 1. The number of ether oxygens (including phenoxy) is 2. The van der Waals surface area contributed by atoms with Crippen molar-refractivity contribution >= 4 is 17.8 Å². The molecule has 1 aromatic carbocycles. The van der Waals surface area contributed by atoms with Gasteiger partial charge in [-0.1, -0.05) is 36.8 Å². The highest BCUT2D eigenvalue weighted by Gasteiger charge is 2.39. The van der Waals surface area contributed by atoms with Crippen LogP contribution >= 0.6 is 0 Å². The highest BCUT2D eigenvalue weighted by Crippen LogP contribution is 2.22. The lowest BCUT2D eigenvalue weighted by atomic mass is 10.0.